The maximum absolute atomic E-state index is 13.6. The summed E-state index contributed by atoms with van der Waals surface area (Å²) in [6, 6.07) is 4.11. The Morgan fingerprint density at radius 1 is 1.14 bits per heavy atom. The van der Waals surface area contributed by atoms with E-state index in [1.807, 2.05) is 17.7 Å². The number of carbonyl (C=O) groups is 1. The van der Waals surface area contributed by atoms with E-state index in [4.69, 9.17) is 16.6 Å². The molecule has 0 saturated heterocycles. The van der Waals surface area contributed by atoms with Crippen LogP contribution in [0, 0.1) is 6.92 Å². The molecule has 0 saturated carbocycles. The molecule has 2 N–H and O–H groups in total. The number of amides is 1. The molecule has 1 amide bonds. The molecular weight excluding hydrogens is 625 g/mol. The highest BCUT2D eigenvalue weighted by molar-refractivity contribution is 7.89. The second-order valence-electron chi connectivity index (χ2n) is 10.8. The van der Waals surface area contributed by atoms with Crippen molar-refractivity contribution in [1.82, 2.24) is 29.0 Å². The molecule has 1 aliphatic rings. The molecule has 2 atom stereocenters. The van der Waals surface area contributed by atoms with E-state index in [1.165, 1.54) is 22.9 Å². The molecule has 1 aromatic carbocycles. The molecule has 4 heterocycles. The molecule has 3 aromatic heterocycles. The number of benzene rings is 1. The van der Waals surface area contributed by atoms with E-state index in [2.05, 4.69) is 15.4 Å². The highest BCUT2D eigenvalue weighted by Gasteiger charge is 2.39. The smallest absolute Gasteiger partial charge is 0.377 e. The number of alkyl halides is 3. The summed E-state index contributed by atoms with van der Waals surface area (Å²) in [5.41, 5.74) is 2.42. The zero-order valence-corrected chi connectivity index (χ0v) is 25.8. The van der Waals surface area contributed by atoms with Crippen LogP contribution >= 0.6 is 11.6 Å². The fourth-order valence-corrected chi connectivity index (χ4v) is 5.65. The Bertz CT molecular complexity index is 1950. The van der Waals surface area contributed by atoms with Gasteiger partial charge in [-0.25, -0.2) is 23.1 Å². The van der Waals surface area contributed by atoms with Gasteiger partial charge in [0.1, 0.15) is 11.2 Å². The van der Waals surface area contributed by atoms with Gasteiger partial charge in [-0.2, -0.15) is 18.3 Å². The SMILES string of the molecule is Cc1cc([C@@H](C)Nc2ccc(Cl)nc2C(=O)NS(C)(=O)=O)c2nc(N3Cc4cn([C@H](C)C(F)(F)F)nc4C3)n(C)c(=O)c2c1. The number of hydrogen-bond donors (Lipinski definition) is 2. The van der Waals surface area contributed by atoms with Gasteiger partial charge in [-0.1, -0.05) is 17.7 Å². The van der Waals surface area contributed by atoms with E-state index in [0.29, 0.717) is 33.7 Å². The zero-order chi connectivity index (χ0) is 32.3. The molecule has 4 aromatic rings. The van der Waals surface area contributed by atoms with Crippen LogP contribution in [0.4, 0.5) is 24.8 Å². The number of sulfonamides is 1. The third-order valence-corrected chi connectivity index (χ3v) is 8.04. The zero-order valence-electron chi connectivity index (χ0n) is 24.2. The van der Waals surface area contributed by atoms with Crippen molar-refractivity contribution in [3.8, 4) is 0 Å². The summed E-state index contributed by atoms with van der Waals surface area (Å²) in [5, 5.41) is 7.62. The monoisotopic (exact) mass is 652 g/mol. The molecule has 0 aliphatic carbocycles. The van der Waals surface area contributed by atoms with Gasteiger partial charge in [0.25, 0.3) is 11.5 Å². The number of hydrogen-bond acceptors (Lipinski definition) is 9. The number of rotatable bonds is 7. The molecule has 0 fully saturated rings. The lowest BCUT2D eigenvalue weighted by Crippen LogP contribution is -2.31. The van der Waals surface area contributed by atoms with Crippen molar-refractivity contribution in [3.63, 3.8) is 0 Å². The maximum atomic E-state index is 13.6. The third-order valence-electron chi connectivity index (χ3n) is 7.27. The number of nitrogens with zero attached hydrogens (tertiary/aromatic N) is 6. The summed E-state index contributed by atoms with van der Waals surface area (Å²) in [5.74, 6) is -0.678. The minimum absolute atomic E-state index is 0.0243. The van der Waals surface area contributed by atoms with E-state index in [1.54, 1.807) is 24.9 Å². The minimum atomic E-state index is -4.44. The summed E-state index contributed by atoms with van der Waals surface area (Å²) >= 11 is 5.99. The molecule has 12 nitrogen and oxygen atoms in total. The molecule has 0 bridgehead atoms. The number of fused-ring (bicyclic) bond motifs is 2. The summed E-state index contributed by atoms with van der Waals surface area (Å²) in [6.07, 6.45) is -2.24. The second kappa shape index (κ2) is 11.1. The first-order chi connectivity index (χ1) is 20.4. The molecule has 17 heteroatoms. The average molecular weight is 653 g/mol. The van der Waals surface area contributed by atoms with E-state index >= 15 is 0 Å². The van der Waals surface area contributed by atoms with Crippen LogP contribution in [0.25, 0.3) is 10.9 Å². The van der Waals surface area contributed by atoms with Crippen LogP contribution in [0.15, 0.2) is 35.3 Å². The van der Waals surface area contributed by atoms with Gasteiger partial charge in [-0.05, 0) is 44.5 Å². The lowest BCUT2D eigenvalue weighted by Gasteiger charge is -2.23. The molecule has 234 valence electrons. The lowest BCUT2D eigenvalue weighted by atomic mass is 10.0. The average Bonchev–Trinajstić information content (AvgIpc) is 3.49. The summed E-state index contributed by atoms with van der Waals surface area (Å²) < 4.78 is 67.2. The maximum Gasteiger partial charge on any atom is 0.410 e. The van der Waals surface area contributed by atoms with Crippen LogP contribution in [0.1, 0.15) is 58.8 Å². The van der Waals surface area contributed by atoms with Gasteiger partial charge >= 0.3 is 6.18 Å². The van der Waals surface area contributed by atoms with E-state index < -0.39 is 34.2 Å². The number of halogens is 4. The van der Waals surface area contributed by atoms with Crippen molar-refractivity contribution in [2.75, 3.05) is 16.5 Å². The Balaban J connectivity index is 1.51. The fourth-order valence-electron chi connectivity index (χ4n) is 5.07. The summed E-state index contributed by atoms with van der Waals surface area (Å²) in [7, 11) is -2.31. The van der Waals surface area contributed by atoms with Crippen LogP contribution in [-0.4, -0.2) is 51.1 Å². The number of nitrogens with one attached hydrogen (secondary N) is 2. The third kappa shape index (κ3) is 6.08. The Morgan fingerprint density at radius 2 is 1.84 bits per heavy atom. The van der Waals surface area contributed by atoms with Gasteiger partial charge in [-0.3, -0.25) is 18.8 Å². The highest BCUT2D eigenvalue weighted by atomic mass is 35.5. The Morgan fingerprint density at radius 3 is 2.48 bits per heavy atom. The van der Waals surface area contributed by atoms with Crippen LogP contribution in [0.5, 0.6) is 0 Å². The number of carbonyl (C=O) groups excluding carboxylic acids is 1. The largest absolute Gasteiger partial charge is 0.410 e. The van der Waals surface area contributed by atoms with Crippen molar-refractivity contribution in [2.45, 2.75) is 52.1 Å². The van der Waals surface area contributed by atoms with Gasteiger partial charge in [0.05, 0.1) is 41.1 Å². The molecule has 44 heavy (non-hydrogen) atoms. The number of aryl methyl sites for hydroxylation is 1. The summed E-state index contributed by atoms with van der Waals surface area (Å²) in [6.45, 7) is 4.99. The van der Waals surface area contributed by atoms with E-state index in [0.717, 1.165) is 23.4 Å². The first-order valence-corrected chi connectivity index (χ1v) is 15.5. The summed E-state index contributed by atoms with van der Waals surface area (Å²) in [4.78, 5) is 36.9. The van der Waals surface area contributed by atoms with Crippen molar-refractivity contribution < 1.29 is 26.4 Å². The molecule has 0 spiro atoms. The lowest BCUT2D eigenvalue weighted by molar-refractivity contribution is -0.165. The predicted molar refractivity (Wildman–Crippen MR) is 158 cm³/mol. The molecular formula is C27H28ClF3N8O4S. The van der Waals surface area contributed by atoms with Crippen LogP contribution in [0.2, 0.25) is 5.15 Å². The van der Waals surface area contributed by atoms with E-state index in [-0.39, 0.29) is 35.2 Å². The topological polar surface area (TPSA) is 144 Å². The standard InChI is InChI=1S/C27H28ClF3N8O4S/c1-13-8-17(14(2)32-19-6-7-21(28)33-23(19)24(40)36-44(5,42)43)22-18(9-13)25(41)37(4)26(34-22)38-10-16-11-39(35-20(16)12-38)15(3)27(29,30)31/h6-9,11,14-15,32H,10,12H2,1-5H3,(H,36,40)/t14-,15-/m1/s1. The fraction of sp³-hybridized carbons (Fsp3) is 0.370. The van der Waals surface area contributed by atoms with Crippen molar-refractivity contribution >= 4 is 50.1 Å². The highest BCUT2D eigenvalue weighted by Crippen LogP contribution is 2.34. The van der Waals surface area contributed by atoms with Gasteiger partial charge in [-0.15, -0.1) is 0 Å². The number of aromatic nitrogens is 5. The van der Waals surface area contributed by atoms with Crippen LogP contribution in [0.3, 0.4) is 0 Å². The number of pyridine rings is 1. The van der Waals surface area contributed by atoms with Crippen LogP contribution < -0.4 is 20.5 Å². The Hall–Kier alpha value is -4.18. The Labute approximate surface area is 254 Å². The van der Waals surface area contributed by atoms with Crippen molar-refractivity contribution in [3.05, 3.63) is 74.0 Å². The predicted octanol–water partition coefficient (Wildman–Crippen LogP) is 3.99. The van der Waals surface area contributed by atoms with Gasteiger partial charge in [0.15, 0.2) is 5.69 Å². The van der Waals surface area contributed by atoms with Gasteiger partial charge in [0.2, 0.25) is 16.0 Å². The first kappa shape index (κ1) is 31.3. The first-order valence-electron chi connectivity index (χ1n) is 13.3. The van der Waals surface area contributed by atoms with Gasteiger partial charge < -0.3 is 10.2 Å². The molecule has 5 rings (SSSR count). The minimum Gasteiger partial charge on any atom is -0.377 e. The Kier molecular flexibility index (Phi) is 7.86. The van der Waals surface area contributed by atoms with E-state index in [9.17, 15) is 31.2 Å². The van der Waals surface area contributed by atoms with Gasteiger partial charge in [0, 0.05) is 30.9 Å². The second-order valence-corrected chi connectivity index (χ2v) is 12.9. The normalized spacial score (nSPS) is 14.9. The quantitative estimate of drug-likeness (QED) is 0.283. The molecule has 0 radical (unpaired) electrons. The molecule has 1 aliphatic heterocycles. The van der Waals surface area contributed by atoms with Crippen LogP contribution in [-0.2, 0) is 30.2 Å². The van der Waals surface area contributed by atoms with Crippen molar-refractivity contribution in [2.24, 2.45) is 7.05 Å². The molecule has 0 unspecified atom stereocenters. The van der Waals surface area contributed by atoms with Crippen molar-refractivity contribution in [1.29, 1.82) is 0 Å². The number of anilines is 2.